The first kappa shape index (κ1) is 12.3. The van der Waals surface area contributed by atoms with Gasteiger partial charge in [-0.2, -0.15) is 0 Å². The Morgan fingerprint density at radius 1 is 1.37 bits per heavy atom. The third kappa shape index (κ3) is 2.06. The third-order valence-electron chi connectivity index (χ3n) is 3.60. The molecule has 0 spiro atoms. The van der Waals surface area contributed by atoms with Gasteiger partial charge >= 0.3 is 0 Å². The highest BCUT2D eigenvalue weighted by molar-refractivity contribution is 5.84. The topological polar surface area (TPSA) is 72.9 Å². The van der Waals surface area contributed by atoms with Gasteiger partial charge in [-0.25, -0.2) is 15.0 Å². The molecular weight excluding hydrogens is 240 g/mol. The Labute approximate surface area is 112 Å². The Hall–Kier alpha value is -1.69. The Morgan fingerprint density at radius 2 is 2.16 bits per heavy atom. The lowest BCUT2D eigenvalue weighted by Crippen LogP contribution is -2.27. The van der Waals surface area contributed by atoms with Crippen molar-refractivity contribution >= 4 is 17.0 Å². The van der Waals surface area contributed by atoms with Crippen molar-refractivity contribution in [3.63, 3.8) is 0 Å². The maximum Gasteiger partial charge on any atom is 0.183 e. The van der Waals surface area contributed by atoms with Crippen LogP contribution in [0.15, 0.2) is 6.33 Å². The smallest absolute Gasteiger partial charge is 0.183 e. The van der Waals surface area contributed by atoms with Crippen molar-refractivity contribution in [3.05, 3.63) is 12.2 Å². The molecule has 2 N–H and O–H groups in total. The maximum absolute atomic E-state index is 6.01. The van der Waals surface area contributed by atoms with E-state index in [2.05, 4.69) is 38.3 Å². The molecule has 0 saturated carbocycles. The highest BCUT2D eigenvalue weighted by Gasteiger charge is 2.25. The molecular formula is C13H20N6. The van der Waals surface area contributed by atoms with Crippen LogP contribution in [-0.4, -0.2) is 38.7 Å². The number of imidazole rings is 1. The second-order valence-electron chi connectivity index (χ2n) is 5.51. The standard InChI is InChI=1S/C13H20N6/c1-8(2)19-7-15-12-11(19)13(17-9(3)16-12)18-5-4-10(14)6-18/h7-8,10H,4-6,14H2,1-3H3. The number of aryl methyl sites for hydroxylation is 1. The van der Waals surface area contributed by atoms with E-state index in [1.807, 2.05) is 13.3 Å². The minimum absolute atomic E-state index is 0.237. The highest BCUT2D eigenvalue weighted by atomic mass is 15.3. The van der Waals surface area contributed by atoms with Crippen LogP contribution in [0, 0.1) is 6.92 Å². The number of fused-ring (bicyclic) bond motifs is 1. The van der Waals surface area contributed by atoms with E-state index in [0.717, 1.165) is 42.3 Å². The lowest BCUT2D eigenvalue weighted by molar-refractivity contribution is 0.616. The number of nitrogens with two attached hydrogens (primary N) is 1. The van der Waals surface area contributed by atoms with E-state index in [0.29, 0.717) is 6.04 Å². The third-order valence-corrected chi connectivity index (χ3v) is 3.60. The van der Waals surface area contributed by atoms with Gasteiger partial charge in [-0.15, -0.1) is 0 Å². The number of rotatable bonds is 2. The first-order valence-electron chi connectivity index (χ1n) is 6.78. The van der Waals surface area contributed by atoms with E-state index in [1.165, 1.54) is 0 Å². The zero-order valence-corrected chi connectivity index (χ0v) is 11.7. The molecule has 2 aromatic heterocycles. The SMILES string of the molecule is Cc1nc(N2CCC(N)C2)c2c(ncn2C(C)C)n1. The average molecular weight is 260 g/mol. The summed E-state index contributed by atoms with van der Waals surface area (Å²) >= 11 is 0. The predicted octanol–water partition coefficient (Wildman–Crippen LogP) is 1.25. The first-order chi connectivity index (χ1) is 9.06. The molecule has 0 radical (unpaired) electrons. The average Bonchev–Trinajstić information content (AvgIpc) is 2.93. The van der Waals surface area contributed by atoms with Gasteiger partial charge in [-0.1, -0.05) is 0 Å². The predicted molar refractivity (Wildman–Crippen MR) is 75.3 cm³/mol. The van der Waals surface area contributed by atoms with E-state index in [9.17, 15) is 0 Å². The molecule has 6 nitrogen and oxygen atoms in total. The van der Waals surface area contributed by atoms with Gasteiger partial charge < -0.3 is 15.2 Å². The van der Waals surface area contributed by atoms with Gasteiger partial charge in [0, 0.05) is 25.2 Å². The summed E-state index contributed by atoms with van der Waals surface area (Å²) in [6.45, 7) is 8.00. The number of anilines is 1. The van der Waals surface area contributed by atoms with Crippen LogP contribution in [0.3, 0.4) is 0 Å². The summed E-state index contributed by atoms with van der Waals surface area (Å²) in [5.41, 5.74) is 7.81. The van der Waals surface area contributed by atoms with Crippen molar-refractivity contribution in [1.29, 1.82) is 0 Å². The van der Waals surface area contributed by atoms with E-state index in [-0.39, 0.29) is 6.04 Å². The molecule has 1 aliphatic rings. The van der Waals surface area contributed by atoms with Gasteiger partial charge in [0.25, 0.3) is 0 Å². The Kier molecular flexibility index (Phi) is 2.89. The quantitative estimate of drug-likeness (QED) is 0.880. The molecule has 2 aromatic rings. The Bertz CT molecular complexity index is 602. The summed E-state index contributed by atoms with van der Waals surface area (Å²) in [7, 11) is 0. The number of nitrogens with zero attached hydrogens (tertiary/aromatic N) is 5. The highest BCUT2D eigenvalue weighted by Crippen LogP contribution is 2.28. The van der Waals surface area contributed by atoms with Crippen LogP contribution >= 0.6 is 0 Å². The number of hydrogen-bond donors (Lipinski definition) is 1. The van der Waals surface area contributed by atoms with Gasteiger partial charge in [0.05, 0.1) is 6.33 Å². The summed E-state index contributed by atoms with van der Waals surface area (Å²) in [6, 6.07) is 0.576. The largest absolute Gasteiger partial charge is 0.353 e. The maximum atomic E-state index is 6.01. The fourth-order valence-electron chi connectivity index (χ4n) is 2.62. The molecule has 0 amide bonds. The van der Waals surface area contributed by atoms with Crippen LogP contribution in [0.4, 0.5) is 5.82 Å². The van der Waals surface area contributed by atoms with Crippen LogP contribution in [0.2, 0.25) is 0 Å². The van der Waals surface area contributed by atoms with Crippen LogP contribution in [0.25, 0.3) is 11.2 Å². The van der Waals surface area contributed by atoms with Crippen LogP contribution < -0.4 is 10.6 Å². The molecule has 3 heterocycles. The molecule has 0 aliphatic carbocycles. The number of aromatic nitrogens is 4. The lowest BCUT2D eigenvalue weighted by atomic mass is 10.3. The summed E-state index contributed by atoms with van der Waals surface area (Å²) < 4.78 is 2.13. The van der Waals surface area contributed by atoms with Crippen LogP contribution in [0.1, 0.15) is 32.1 Å². The van der Waals surface area contributed by atoms with Crippen molar-refractivity contribution in [2.45, 2.75) is 39.3 Å². The van der Waals surface area contributed by atoms with Crippen LogP contribution in [-0.2, 0) is 0 Å². The molecule has 3 rings (SSSR count). The van der Waals surface area contributed by atoms with Crippen molar-refractivity contribution < 1.29 is 0 Å². The fraction of sp³-hybridized carbons (Fsp3) is 0.615. The summed E-state index contributed by atoms with van der Waals surface area (Å²) in [5.74, 6) is 1.73. The second kappa shape index (κ2) is 4.45. The van der Waals surface area contributed by atoms with E-state index in [1.54, 1.807) is 0 Å². The van der Waals surface area contributed by atoms with Crippen molar-refractivity contribution in [1.82, 2.24) is 19.5 Å². The minimum Gasteiger partial charge on any atom is -0.353 e. The number of hydrogen-bond acceptors (Lipinski definition) is 5. The monoisotopic (exact) mass is 260 g/mol. The molecule has 1 atom stereocenters. The Morgan fingerprint density at radius 3 is 2.79 bits per heavy atom. The van der Waals surface area contributed by atoms with E-state index in [4.69, 9.17) is 5.73 Å². The molecule has 1 unspecified atom stereocenters. The van der Waals surface area contributed by atoms with Crippen molar-refractivity contribution in [3.8, 4) is 0 Å². The summed E-state index contributed by atoms with van der Waals surface area (Å²) in [6.07, 6.45) is 2.86. The normalized spacial score (nSPS) is 19.8. The van der Waals surface area contributed by atoms with Crippen molar-refractivity contribution in [2.75, 3.05) is 18.0 Å². The van der Waals surface area contributed by atoms with Gasteiger partial charge in [0.2, 0.25) is 0 Å². The van der Waals surface area contributed by atoms with Gasteiger partial charge in [0.15, 0.2) is 11.5 Å². The molecule has 102 valence electrons. The molecule has 6 heteroatoms. The first-order valence-corrected chi connectivity index (χ1v) is 6.78. The fourth-order valence-corrected chi connectivity index (χ4v) is 2.62. The minimum atomic E-state index is 0.237. The van der Waals surface area contributed by atoms with E-state index >= 15 is 0 Å². The molecule has 1 fully saturated rings. The van der Waals surface area contributed by atoms with Crippen LogP contribution in [0.5, 0.6) is 0 Å². The molecule has 1 saturated heterocycles. The Balaban J connectivity index is 2.18. The molecule has 0 aromatic carbocycles. The molecule has 19 heavy (non-hydrogen) atoms. The van der Waals surface area contributed by atoms with E-state index < -0.39 is 0 Å². The summed E-state index contributed by atoms with van der Waals surface area (Å²) in [4.78, 5) is 15.7. The molecule has 0 bridgehead atoms. The zero-order valence-electron chi connectivity index (χ0n) is 11.7. The second-order valence-corrected chi connectivity index (χ2v) is 5.51. The zero-order chi connectivity index (χ0) is 13.6. The molecule has 1 aliphatic heterocycles. The van der Waals surface area contributed by atoms with Gasteiger partial charge in [-0.05, 0) is 27.2 Å². The van der Waals surface area contributed by atoms with Gasteiger partial charge in [0.1, 0.15) is 11.3 Å². The van der Waals surface area contributed by atoms with Crippen molar-refractivity contribution in [2.24, 2.45) is 5.73 Å². The lowest BCUT2D eigenvalue weighted by Gasteiger charge is -2.20. The van der Waals surface area contributed by atoms with Gasteiger partial charge in [-0.3, -0.25) is 0 Å². The summed E-state index contributed by atoms with van der Waals surface area (Å²) in [5, 5.41) is 0.